The molecule has 1 N–H and O–H groups in total. The van der Waals surface area contributed by atoms with Crippen molar-refractivity contribution in [2.75, 3.05) is 6.61 Å². The van der Waals surface area contributed by atoms with E-state index in [0.29, 0.717) is 17.2 Å². The lowest BCUT2D eigenvalue weighted by Gasteiger charge is -2.30. The summed E-state index contributed by atoms with van der Waals surface area (Å²) in [4.78, 5) is 0. The van der Waals surface area contributed by atoms with Gasteiger partial charge >= 0.3 is 0 Å². The third kappa shape index (κ3) is 3.51. The lowest BCUT2D eigenvalue weighted by Crippen LogP contribution is -2.39. The number of ether oxygens (including phenoxy) is 1. The van der Waals surface area contributed by atoms with Crippen LogP contribution in [0.25, 0.3) is 0 Å². The van der Waals surface area contributed by atoms with Crippen LogP contribution >= 0.6 is 0 Å². The van der Waals surface area contributed by atoms with E-state index in [4.69, 9.17) is 4.74 Å². The second-order valence-electron chi connectivity index (χ2n) is 5.41. The fourth-order valence-corrected chi connectivity index (χ4v) is 2.59. The molecule has 1 aromatic carbocycles. The smallest absolute Gasteiger partial charge is 0.128 e. The van der Waals surface area contributed by atoms with Gasteiger partial charge in [0.05, 0.1) is 6.10 Å². The van der Waals surface area contributed by atoms with Crippen LogP contribution in [0.5, 0.6) is 0 Å². The van der Waals surface area contributed by atoms with Crippen LogP contribution in [0.3, 0.4) is 0 Å². The Labute approximate surface area is 113 Å². The van der Waals surface area contributed by atoms with Gasteiger partial charge in [0.25, 0.3) is 0 Å². The molecule has 0 bridgehead atoms. The van der Waals surface area contributed by atoms with Gasteiger partial charge in [-0.15, -0.1) is 0 Å². The third-order valence-electron chi connectivity index (χ3n) is 3.72. The Morgan fingerprint density at radius 2 is 2.05 bits per heavy atom. The minimum atomic E-state index is -0.356. The normalized spacial score (nSPS) is 25.3. The molecule has 1 fully saturated rings. The topological polar surface area (TPSA) is 21.3 Å². The van der Waals surface area contributed by atoms with E-state index in [1.54, 1.807) is 6.92 Å². The Bertz CT molecular complexity index is 450. The maximum atomic E-state index is 13.9. The van der Waals surface area contributed by atoms with E-state index in [9.17, 15) is 8.78 Å². The maximum Gasteiger partial charge on any atom is 0.128 e. The molecule has 106 valence electrons. The molecule has 4 heteroatoms. The highest BCUT2D eigenvalue weighted by molar-refractivity contribution is 5.27. The maximum absolute atomic E-state index is 13.9. The molecule has 2 rings (SSSR count). The quantitative estimate of drug-likeness (QED) is 0.907. The fraction of sp³-hybridized carbons (Fsp3) is 0.600. The average molecular weight is 269 g/mol. The van der Waals surface area contributed by atoms with E-state index in [1.165, 1.54) is 12.1 Å². The summed E-state index contributed by atoms with van der Waals surface area (Å²) in [5.41, 5.74) is 0.732. The Balaban J connectivity index is 2.07. The van der Waals surface area contributed by atoms with Crippen LogP contribution in [-0.2, 0) is 4.74 Å². The number of hydrogen-bond donors (Lipinski definition) is 1. The summed E-state index contributed by atoms with van der Waals surface area (Å²) >= 11 is 0. The van der Waals surface area contributed by atoms with Gasteiger partial charge in [-0.25, -0.2) is 8.78 Å². The fourth-order valence-electron chi connectivity index (χ4n) is 2.59. The summed E-state index contributed by atoms with van der Waals surface area (Å²) in [6.07, 6.45) is 2.03. The average Bonchev–Trinajstić information content (AvgIpc) is 2.33. The molecule has 1 saturated heterocycles. The lowest BCUT2D eigenvalue weighted by atomic mass is 10.00. The SMILES string of the molecule is Cc1cc(F)c(C(C)NC2CCOC(C)C2)cc1F. The van der Waals surface area contributed by atoms with Crippen molar-refractivity contribution in [3.63, 3.8) is 0 Å². The molecule has 1 aromatic rings. The number of aryl methyl sites for hydroxylation is 1. The van der Waals surface area contributed by atoms with E-state index < -0.39 is 0 Å². The molecule has 3 atom stereocenters. The summed E-state index contributed by atoms with van der Waals surface area (Å²) < 4.78 is 32.9. The zero-order valence-corrected chi connectivity index (χ0v) is 11.7. The van der Waals surface area contributed by atoms with Crippen molar-refractivity contribution < 1.29 is 13.5 Å². The number of hydrogen-bond acceptors (Lipinski definition) is 2. The first-order valence-electron chi connectivity index (χ1n) is 6.80. The van der Waals surface area contributed by atoms with Crippen molar-refractivity contribution >= 4 is 0 Å². The van der Waals surface area contributed by atoms with Crippen LogP contribution in [0, 0.1) is 18.6 Å². The number of benzene rings is 1. The zero-order chi connectivity index (χ0) is 14.0. The second kappa shape index (κ2) is 5.97. The highest BCUT2D eigenvalue weighted by Gasteiger charge is 2.22. The van der Waals surface area contributed by atoms with E-state index in [1.807, 2.05) is 13.8 Å². The monoisotopic (exact) mass is 269 g/mol. The first-order valence-corrected chi connectivity index (χ1v) is 6.80. The summed E-state index contributed by atoms with van der Waals surface area (Å²) in [5.74, 6) is -0.704. The minimum absolute atomic E-state index is 0.203. The van der Waals surface area contributed by atoms with Crippen molar-refractivity contribution in [1.82, 2.24) is 5.32 Å². The molecule has 3 unspecified atom stereocenters. The van der Waals surface area contributed by atoms with Gasteiger partial charge in [-0.2, -0.15) is 0 Å². The van der Waals surface area contributed by atoms with Gasteiger partial charge in [-0.05, 0) is 51.3 Å². The Morgan fingerprint density at radius 3 is 2.74 bits per heavy atom. The van der Waals surface area contributed by atoms with Gasteiger partial charge < -0.3 is 10.1 Å². The summed E-state index contributed by atoms with van der Waals surface area (Å²) in [6.45, 7) is 6.19. The zero-order valence-electron chi connectivity index (χ0n) is 11.7. The van der Waals surface area contributed by atoms with E-state index in [0.717, 1.165) is 19.4 Å². The van der Waals surface area contributed by atoms with Crippen molar-refractivity contribution in [3.05, 3.63) is 34.9 Å². The van der Waals surface area contributed by atoms with E-state index >= 15 is 0 Å². The summed E-state index contributed by atoms with van der Waals surface area (Å²) in [5, 5.41) is 3.37. The van der Waals surface area contributed by atoms with Crippen molar-refractivity contribution in [1.29, 1.82) is 0 Å². The van der Waals surface area contributed by atoms with Crippen LogP contribution in [-0.4, -0.2) is 18.8 Å². The Hall–Kier alpha value is -1.00. The highest BCUT2D eigenvalue weighted by atomic mass is 19.1. The first kappa shape index (κ1) is 14.4. The number of halogens is 2. The molecule has 0 saturated carbocycles. The molecule has 1 aliphatic rings. The van der Waals surface area contributed by atoms with Crippen LogP contribution in [0.4, 0.5) is 8.78 Å². The van der Waals surface area contributed by atoms with E-state index in [2.05, 4.69) is 5.32 Å². The molecular weight excluding hydrogens is 248 g/mol. The predicted octanol–water partition coefficient (Wildman–Crippen LogP) is 3.49. The van der Waals surface area contributed by atoms with Gasteiger partial charge in [0, 0.05) is 24.3 Å². The summed E-state index contributed by atoms with van der Waals surface area (Å²) in [7, 11) is 0. The second-order valence-corrected chi connectivity index (χ2v) is 5.41. The van der Waals surface area contributed by atoms with Crippen LogP contribution in [0.15, 0.2) is 12.1 Å². The molecular formula is C15H21F2NO. The van der Waals surface area contributed by atoms with Gasteiger partial charge in [0.15, 0.2) is 0 Å². The van der Waals surface area contributed by atoms with Crippen LogP contribution < -0.4 is 5.32 Å². The number of nitrogens with one attached hydrogen (secondary N) is 1. The van der Waals surface area contributed by atoms with E-state index in [-0.39, 0.29) is 23.8 Å². The predicted molar refractivity (Wildman–Crippen MR) is 71.1 cm³/mol. The Morgan fingerprint density at radius 1 is 1.32 bits per heavy atom. The lowest BCUT2D eigenvalue weighted by molar-refractivity contribution is 0.0115. The van der Waals surface area contributed by atoms with Gasteiger partial charge in [-0.3, -0.25) is 0 Å². The molecule has 1 heterocycles. The molecule has 0 radical (unpaired) electrons. The Kier molecular flexibility index (Phi) is 4.53. The molecule has 0 aliphatic carbocycles. The van der Waals surface area contributed by atoms with Crippen molar-refractivity contribution in [2.45, 2.75) is 51.8 Å². The van der Waals surface area contributed by atoms with Gasteiger partial charge in [0.2, 0.25) is 0 Å². The van der Waals surface area contributed by atoms with Gasteiger partial charge in [-0.1, -0.05) is 0 Å². The number of rotatable bonds is 3. The summed E-state index contributed by atoms with van der Waals surface area (Å²) in [6, 6.07) is 2.65. The van der Waals surface area contributed by atoms with Gasteiger partial charge in [0.1, 0.15) is 11.6 Å². The third-order valence-corrected chi connectivity index (χ3v) is 3.72. The minimum Gasteiger partial charge on any atom is -0.378 e. The molecule has 0 spiro atoms. The van der Waals surface area contributed by atoms with Crippen LogP contribution in [0.2, 0.25) is 0 Å². The molecule has 0 amide bonds. The molecule has 19 heavy (non-hydrogen) atoms. The van der Waals surface area contributed by atoms with Crippen molar-refractivity contribution in [2.24, 2.45) is 0 Å². The first-order chi connectivity index (χ1) is 8.97. The van der Waals surface area contributed by atoms with Crippen LogP contribution in [0.1, 0.15) is 43.9 Å². The highest BCUT2D eigenvalue weighted by Crippen LogP contribution is 2.23. The largest absolute Gasteiger partial charge is 0.378 e. The molecule has 2 nitrogen and oxygen atoms in total. The standard InChI is InChI=1S/C15H21F2NO/c1-9-6-15(17)13(8-14(9)16)11(3)18-12-4-5-19-10(2)7-12/h6,8,10-12,18H,4-5,7H2,1-3H3. The molecule has 0 aromatic heterocycles. The van der Waals surface area contributed by atoms with Crippen molar-refractivity contribution in [3.8, 4) is 0 Å². The molecule has 1 aliphatic heterocycles.